The van der Waals surface area contributed by atoms with Gasteiger partial charge in [0, 0.05) is 6.04 Å². The number of fused-ring (bicyclic) bond motifs is 1. The molecular weight excluding hydrogens is 158 g/mol. The van der Waals surface area contributed by atoms with Gasteiger partial charge in [0.05, 0.1) is 0 Å². The molecule has 13 heavy (non-hydrogen) atoms. The van der Waals surface area contributed by atoms with Gasteiger partial charge in [-0.05, 0) is 44.7 Å². The normalized spacial score (nSPS) is 39.5. The Kier molecular flexibility index (Phi) is 2.92. The molecule has 1 nitrogen and oxygen atoms in total. The second kappa shape index (κ2) is 4.00. The zero-order valence-corrected chi connectivity index (χ0v) is 9.13. The summed E-state index contributed by atoms with van der Waals surface area (Å²) in [4.78, 5) is 2.55. The molecule has 2 aliphatic rings. The minimum atomic E-state index is 0.907. The van der Waals surface area contributed by atoms with E-state index in [0.717, 1.165) is 17.9 Å². The SMILES string of the molecule is CCN(C)C1CCC2CCCC2C1. The maximum Gasteiger partial charge on any atom is 0.00949 e. The average Bonchev–Trinajstić information content (AvgIpc) is 2.63. The monoisotopic (exact) mass is 181 g/mol. The molecule has 0 saturated heterocycles. The molecular formula is C12H23N. The van der Waals surface area contributed by atoms with Gasteiger partial charge in [-0.2, -0.15) is 0 Å². The van der Waals surface area contributed by atoms with Gasteiger partial charge in [0.1, 0.15) is 0 Å². The van der Waals surface area contributed by atoms with E-state index in [4.69, 9.17) is 0 Å². The Morgan fingerprint density at radius 3 is 2.62 bits per heavy atom. The molecule has 0 bridgehead atoms. The molecule has 2 rings (SSSR count). The van der Waals surface area contributed by atoms with Crippen molar-refractivity contribution in [3.8, 4) is 0 Å². The molecule has 0 spiro atoms. The summed E-state index contributed by atoms with van der Waals surface area (Å²) in [6.45, 7) is 3.50. The topological polar surface area (TPSA) is 3.24 Å². The highest BCUT2D eigenvalue weighted by atomic mass is 15.1. The van der Waals surface area contributed by atoms with Crippen molar-refractivity contribution in [1.29, 1.82) is 0 Å². The van der Waals surface area contributed by atoms with Crippen LogP contribution in [0.1, 0.15) is 45.4 Å². The maximum absolute atomic E-state index is 2.55. The molecule has 0 amide bonds. The summed E-state index contributed by atoms with van der Waals surface area (Å²) in [6.07, 6.45) is 9.05. The van der Waals surface area contributed by atoms with Gasteiger partial charge >= 0.3 is 0 Å². The molecule has 0 N–H and O–H groups in total. The van der Waals surface area contributed by atoms with Crippen LogP contribution in [0.5, 0.6) is 0 Å². The van der Waals surface area contributed by atoms with E-state index in [0.29, 0.717) is 0 Å². The van der Waals surface area contributed by atoms with Crippen LogP contribution in [0.15, 0.2) is 0 Å². The van der Waals surface area contributed by atoms with Gasteiger partial charge in [-0.15, -0.1) is 0 Å². The van der Waals surface area contributed by atoms with Crippen LogP contribution in [0.4, 0.5) is 0 Å². The number of nitrogens with zero attached hydrogens (tertiary/aromatic N) is 1. The Balaban J connectivity index is 1.89. The average molecular weight is 181 g/mol. The number of hydrogen-bond donors (Lipinski definition) is 0. The zero-order valence-electron chi connectivity index (χ0n) is 9.13. The van der Waals surface area contributed by atoms with Gasteiger partial charge in [-0.1, -0.05) is 26.2 Å². The van der Waals surface area contributed by atoms with Crippen LogP contribution in [0.25, 0.3) is 0 Å². The van der Waals surface area contributed by atoms with Crippen molar-refractivity contribution in [2.75, 3.05) is 13.6 Å². The molecule has 0 aromatic rings. The molecule has 2 saturated carbocycles. The predicted octanol–water partition coefficient (Wildman–Crippen LogP) is 2.91. The van der Waals surface area contributed by atoms with Gasteiger partial charge in [-0.25, -0.2) is 0 Å². The maximum atomic E-state index is 2.55. The molecule has 3 atom stereocenters. The minimum absolute atomic E-state index is 0.907. The number of rotatable bonds is 2. The summed E-state index contributed by atoms with van der Waals surface area (Å²) in [5.41, 5.74) is 0. The lowest BCUT2D eigenvalue weighted by Gasteiger charge is -2.36. The first-order valence-electron chi connectivity index (χ1n) is 6.01. The van der Waals surface area contributed by atoms with E-state index in [1.807, 2.05) is 0 Å². The number of hydrogen-bond acceptors (Lipinski definition) is 1. The molecule has 76 valence electrons. The van der Waals surface area contributed by atoms with E-state index >= 15 is 0 Å². The Bertz CT molecular complexity index is 167. The van der Waals surface area contributed by atoms with Crippen LogP contribution in [0.2, 0.25) is 0 Å². The second-order valence-electron chi connectivity index (χ2n) is 4.99. The Morgan fingerprint density at radius 2 is 1.85 bits per heavy atom. The smallest absolute Gasteiger partial charge is 0.00949 e. The Hall–Kier alpha value is -0.0400. The molecule has 0 heterocycles. The molecule has 0 radical (unpaired) electrons. The summed E-state index contributed by atoms with van der Waals surface area (Å²) in [5, 5.41) is 0. The van der Waals surface area contributed by atoms with Crippen LogP contribution in [-0.4, -0.2) is 24.5 Å². The summed E-state index contributed by atoms with van der Waals surface area (Å²) in [7, 11) is 2.29. The molecule has 2 fully saturated rings. The highest BCUT2D eigenvalue weighted by Crippen LogP contribution is 2.42. The third-order valence-electron chi connectivity index (χ3n) is 4.38. The summed E-state index contributed by atoms with van der Waals surface area (Å²) in [5.74, 6) is 2.20. The van der Waals surface area contributed by atoms with E-state index in [9.17, 15) is 0 Å². The third kappa shape index (κ3) is 1.90. The van der Waals surface area contributed by atoms with Gasteiger partial charge in [0.15, 0.2) is 0 Å². The van der Waals surface area contributed by atoms with E-state index in [1.165, 1.54) is 45.1 Å². The Labute approximate surface area is 82.5 Å². The lowest BCUT2D eigenvalue weighted by Crippen LogP contribution is -2.37. The van der Waals surface area contributed by atoms with Crippen LogP contribution in [0.3, 0.4) is 0 Å². The lowest BCUT2D eigenvalue weighted by atomic mass is 9.79. The van der Waals surface area contributed by atoms with Crippen molar-refractivity contribution < 1.29 is 0 Å². The fraction of sp³-hybridized carbons (Fsp3) is 1.00. The van der Waals surface area contributed by atoms with E-state index in [-0.39, 0.29) is 0 Å². The molecule has 0 aromatic heterocycles. The first-order valence-corrected chi connectivity index (χ1v) is 6.01. The molecule has 1 heteroatoms. The Morgan fingerprint density at radius 1 is 1.08 bits per heavy atom. The van der Waals surface area contributed by atoms with Crippen LogP contribution < -0.4 is 0 Å². The molecule has 3 unspecified atom stereocenters. The molecule has 0 aromatic carbocycles. The highest BCUT2D eigenvalue weighted by Gasteiger charge is 2.34. The van der Waals surface area contributed by atoms with Crippen molar-refractivity contribution in [3.63, 3.8) is 0 Å². The van der Waals surface area contributed by atoms with Crippen molar-refractivity contribution >= 4 is 0 Å². The highest BCUT2D eigenvalue weighted by molar-refractivity contribution is 4.87. The second-order valence-corrected chi connectivity index (χ2v) is 4.99. The summed E-state index contributed by atoms with van der Waals surface area (Å²) >= 11 is 0. The van der Waals surface area contributed by atoms with Crippen molar-refractivity contribution in [1.82, 2.24) is 4.90 Å². The van der Waals surface area contributed by atoms with E-state index in [1.54, 1.807) is 0 Å². The zero-order chi connectivity index (χ0) is 9.26. The standard InChI is InChI=1S/C12H23N/c1-3-13(2)12-8-7-10-5-4-6-11(10)9-12/h10-12H,3-9H2,1-2H3. The van der Waals surface area contributed by atoms with Crippen LogP contribution in [0, 0.1) is 11.8 Å². The minimum Gasteiger partial charge on any atom is -0.304 e. The van der Waals surface area contributed by atoms with Gasteiger partial charge in [-0.3, -0.25) is 0 Å². The van der Waals surface area contributed by atoms with Crippen LogP contribution >= 0.6 is 0 Å². The molecule has 0 aliphatic heterocycles. The van der Waals surface area contributed by atoms with Crippen molar-refractivity contribution in [2.24, 2.45) is 11.8 Å². The van der Waals surface area contributed by atoms with E-state index < -0.39 is 0 Å². The largest absolute Gasteiger partial charge is 0.304 e. The van der Waals surface area contributed by atoms with Gasteiger partial charge in [0.2, 0.25) is 0 Å². The van der Waals surface area contributed by atoms with Crippen LogP contribution in [-0.2, 0) is 0 Å². The molecule has 2 aliphatic carbocycles. The first kappa shape index (κ1) is 9.51. The fourth-order valence-electron chi connectivity index (χ4n) is 3.34. The third-order valence-corrected chi connectivity index (χ3v) is 4.38. The quantitative estimate of drug-likeness (QED) is 0.633. The first-order chi connectivity index (χ1) is 6.31. The van der Waals surface area contributed by atoms with Gasteiger partial charge < -0.3 is 4.90 Å². The lowest BCUT2D eigenvalue weighted by molar-refractivity contribution is 0.136. The van der Waals surface area contributed by atoms with Crippen molar-refractivity contribution in [3.05, 3.63) is 0 Å². The summed E-state index contributed by atoms with van der Waals surface area (Å²) in [6, 6.07) is 0.907. The summed E-state index contributed by atoms with van der Waals surface area (Å²) < 4.78 is 0. The van der Waals surface area contributed by atoms with Gasteiger partial charge in [0.25, 0.3) is 0 Å². The fourth-order valence-corrected chi connectivity index (χ4v) is 3.34. The van der Waals surface area contributed by atoms with E-state index in [2.05, 4.69) is 18.9 Å². The van der Waals surface area contributed by atoms with Crippen molar-refractivity contribution in [2.45, 2.75) is 51.5 Å². The predicted molar refractivity (Wildman–Crippen MR) is 56.8 cm³/mol.